The molecule has 3 aliphatic rings. The van der Waals surface area contributed by atoms with Crippen molar-refractivity contribution in [2.75, 3.05) is 0 Å². The van der Waals surface area contributed by atoms with Gasteiger partial charge in [-0.25, -0.2) is 0 Å². The highest BCUT2D eigenvalue weighted by atomic mass is 16.6. The monoisotopic (exact) mass is 1790 g/mol. The highest BCUT2D eigenvalue weighted by molar-refractivity contribution is 5.05. The predicted molar refractivity (Wildman–Crippen MR) is 559 cm³/mol. The Kier molecular flexibility index (Phi) is 62.4. The van der Waals surface area contributed by atoms with Crippen LogP contribution in [0, 0.1) is 107 Å². The van der Waals surface area contributed by atoms with Crippen LogP contribution in [0.3, 0.4) is 0 Å². The Morgan fingerprint density at radius 3 is 0.638 bits per heavy atom. The van der Waals surface area contributed by atoms with Crippen LogP contribution >= 0.6 is 0 Å². The molecule has 24 atom stereocenters. The molecular weight excluding hydrogens is 1550 g/mol. The van der Waals surface area contributed by atoms with E-state index in [-0.39, 0.29) is 30.5 Å². The van der Waals surface area contributed by atoms with Gasteiger partial charge in [-0.3, -0.25) is 0 Å². The third-order valence-corrected chi connectivity index (χ3v) is 33.7. The van der Waals surface area contributed by atoms with Crippen LogP contribution in [-0.4, -0.2) is 80.4 Å². The summed E-state index contributed by atoms with van der Waals surface area (Å²) < 4.78 is 40.5. The van der Waals surface area contributed by atoms with Gasteiger partial charge in [0.1, 0.15) is 0 Å². The number of aliphatic hydroxyl groups is 2. The van der Waals surface area contributed by atoms with Gasteiger partial charge >= 0.3 is 0 Å². The zero-order chi connectivity index (χ0) is 94.8. The zero-order valence-electron chi connectivity index (χ0n) is 92.2. The average molecular weight is 1790 g/mol. The maximum Gasteiger partial charge on any atom is 0.0924 e. The Bertz CT molecular complexity index is 2600. The maximum atomic E-state index is 12.8. The minimum atomic E-state index is -0.913. The molecule has 0 amide bonds. The molecule has 127 heavy (non-hydrogen) atoms. The van der Waals surface area contributed by atoms with Crippen molar-refractivity contribution in [1.29, 1.82) is 0 Å². The molecule has 2 N–H and O–H groups in total. The van der Waals surface area contributed by atoms with Crippen molar-refractivity contribution in [3.8, 4) is 0 Å². The molecule has 0 bridgehead atoms. The minimum absolute atomic E-state index is 0.130. The van der Waals surface area contributed by atoms with Crippen molar-refractivity contribution in [3.05, 3.63) is 0 Å². The van der Waals surface area contributed by atoms with E-state index in [1.165, 1.54) is 263 Å². The molecule has 0 aromatic heterocycles. The van der Waals surface area contributed by atoms with Crippen LogP contribution in [-0.2, 0) is 23.7 Å². The molecule has 3 fully saturated rings. The summed E-state index contributed by atoms with van der Waals surface area (Å²) in [5.41, 5.74) is -3.97. The number of hydrogen-bond donors (Lipinski definition) is 2. The SMILES string of the molecule is CC(C)CCC[C@@H](C)CCC[C@@H](C)CCCC(C)(O)[C@H]1CC[C@H](C(C)(CCC[C@H](C)CCC[C@H](C)CCCC(C)C)OC(C)(CCC[C@H](C)CCC[C@H](C)CCCC(C)C)[C@H]2CC[C@H](C(C)(CCC[C@H](C)CCC[C@H](C)CCCC(C)C)OC(C)(CCC[C@H](C)CCC[C@H](C)CCCC(C)C)[C@@H]3CC[C@H](O)[C@](C)(CCC[C@H](C)CCC[C@H](C)CCCC(C)C)O3)O2)O1. The van der Waals surface area contributed by atoms with Gasteiger partial charge in [0, 0.05) is 0 Å². The van der Waals surface area contributed by atoms with Gasteiger partial charge in [0.25, 0.3) is 0 Å². The molecule has 0 radical (unpaired) electrons. The Balaban J connectivity index is 2.21. The molecule has 3 aliphatic heterocycles. The van der Waals surface area contributed by atoms with Gasteiger partial charge in [0.05, 0.1) is 70.2 Å². The molecule has 7 nitrogen and oxygen atoms in total. The van der Waals surface area contributed by atoms with Gasteiger partial charge in [-0.05, 0) is 225 Å². The van der Waals surface area contributed by atoms with E-state index in [0.717, 1.165) is 193 Å². The number of hydrogen-bond acceptors (Lipinski definition) is 7. The smallest absolute Gasteiger partial charge is 0.0924 e. The van der Waals surface area contributed by atoms with Crippen LogP contribution in [0.15, 0.2) is 0 Å². The third-order valence-electron chi connectivity index (χ3n) is 33.7. The Morgan fingerprint density at radius 1 is 0.236 bits per heavy atom. The van der Waals surface area contributed by atoms with E-state index >= 15 is 0 Å². The zero-order valence-corrected chi connectivity index (χ0v) is 92.2. The highest BCUT2D eigenvalue weighted by Gasteiger charge is 2.56. The molecular formula is C120H236O7. The Hall–Kier alpha value is -0.280. The second-order valence-corrected chi connectivity index (χ2v) is 51.4. The van der Waals surface area contributed by atoms with Gasteiger partial charge in [0.15, 0.2) is 0 Å². The largest absolute Gasteiger partial charge is 0.390 e. The standard InChI is InChI=1S/C120H236O7/c1-91(2)49-31-55-97(13)61-37-67-103(19)73-43-85-115(25,122)110-81-82-111(123-110)117(27,87-45-75-105(21)69-39-63-99(15)57-33-51-93(5)6)126-118(28,88-46-76-106(22)70-40-64-100(16)58-34-52-94(7)8)112-83-84-113(124-112)119(29,89-47-77-107(23)71-41-65-101(17)59-35-53-95(9)10)127-120(30,90-48-78-108(24)72-42-66-102(18)60-36-54-96(11)12)114-80-79-109(121)116(26,125-114)86-44-74-104(20)68-38-62-98(14)56-32-50-92(3)4/h91-114,121-122H,31-90H2,1-30H3/t97-,98-,99-,100-,101-,102-,103-,104-,105-,106-,107-,108-,109+,110-,111-,112-,113-,114+,115?,116+,117?,118?,119?,120?/m1/s1. The van der Waals surface area contributed by atoms with Crippen LogP contribution in [0.25, 0.3) is 0 Å². The third kappa shape index (κ3) is 53.5. The van der Waals surface area contributed by atoms with Crippen LogP contribution in [0.5, 0.6) is 0 Å². The van der Waals surface area contributed by atoms with Crippen LogP contribution in [0.2, 0.25) is 0 Å². The van der Waals surface area contributed by atoms with E-state index in [1.54, 1.807) is 0 Å². The first-order valence-corrected chi connectivity index (χ1v) is 57.6. The first-order chi connectivity index (χ1) is 59.8. The van der Waals surface area contributed by atoms with Crippen molar-refractivity contribution < 1.29 is 33.9 Å². The topological polar surface area (TPSA) is 86.6 Å². The van der Waals surface area contributed by atoms with E-state index < -0.39 is 39.7 Å². The summed E-state index contributed by atoms with van der Waals surface area (Å²) in [7, 11) is 0. The molecule has 0 saturated carbocycles. The quantitative estimate of drug-likeness (QED) is 0.0627. The predicted octanol–water partition coefficient (Wildman–Crippen LogP) is 37.8. The molecule has 3 saturated heterocycles. The highest BCUT2D eigenvalue weighted by Crippen LogP contribution is 2.51. The Morgan fingerprint density at radius 2 is 0.409 bits per heavy atom. The summed E-state index contributed by atoms with van der Waals surface area (Å²) in [5, 5.41) is 25.2. The van der Waals surface area contributed by atoms with Crippen molar-refractivity contribution in [2.24, 2.45) is 107 Å². The van der Waals surface area contributed by atoms with Gasteiger partial charge in [-0.2, -0.15) is 0 Å². The average Bonchev–Trinajstić information content (AvgIpc) is 1.75. The van der Waals surface area contributed by atoms with Crippen molar-refractivity contribution >= 4 is 0 Å². The lowest BCUT2D eigenvalue weighted by atomic mass is 9.78. The molecule has 3 heterocycles. The molecule has 5 unspecified atom stereocenters. The van der Waals surface area contributed by atoms with Crippen LogP contribution in [0.1, 0.15) is 593 Å². The van der Waals surface area contributed by atoms with Crippen molar-refractivity contribution in [3.63, 3.8) is 0 Å². The first-order valence-electron chi connectivity index (χ1n) is 57.6. The fourth-order valence-corrected chi connectivity index (χ4v) is 23.8. The van der Waals surface area contributed by atoms with Gasteiger partial charge in [0.2, 0.25) is 0 Å². The molecule has 0 spiro atoms. The van der Waals surface area contributed by atoms with E-state index in [0.29, 0.717) is 35.5 Å². The molecule has 0 aliphatic carbocycles. The summed E-state index contributed by atoms with van der Waals surface area (Å²) in [6, 6.07) is 0. The molecule has 3 rings (SSSR count). The summed E-state index contributed by atoms with van der Waals surface area (Å²) in [6.45, 7) is 73.0. The lowest BCUT2D eigenvalue weighted by molar-refractivity contribution is -0.288. The van der Waals surface area contributed by atoms with Crippen LogP contribution in [0.4, 0.5) is 0 Å². The fraction of sp³-hybridized carbons (Fsp3) is 1.00. The van der Waals surface area contributed by atoms with Crippen molar-refractivity contribution in [1.82, 2.24) is 0 Å². The van der Waals surface area contributed by atoms with E-state index in [4.69, 9.17) is 23.7 Å². The lowest BCUT2D eigenvalue weighted by Gasteiger charge is -2.52. The van der Waals surface area contributed by atoms with Crippen LogP contribution < -0.4 is 0 Å². The second-order valence-electron chi connectivity index (χ2n) is 51.4. The fourth-order valence-electron chi connectivity index (χ4n) is 23.8. The van der Waals surface area contributed by atoms with E-state index in [1.807, 2.05) is 0 Å². The summed E-state index contributed by atoms with van der Waals surface area (Å²) >= 11 is 0. The van der Waals surface area contributed by atoms with Gasteiger partial charge in [-0.15, -0.1) is 0 Å². The maximum absolute atomic E-state index is 12.8. The summed E-state index contributed by atoms with van der Waals surface area (Å²) in [4.78, 5) is 0. The van der Waals surface area contributed by atoms with Gasteiger partial charge < -0.3 is 33.9 Å². The molecule has 0 aromatic rings. The van der Waals surface area contributed by atoms with E-state index in [2.05, 4.69) is 208 Å². The molecule has 0 aromatic carbocycles. The lowest BCUT2D eigenvalue weighted by Crippen LogP contribution is -2.60. The van der Waals surface area contributed by atoms with Gasteiger partial charge in [-0.1, -0.05) is 474 Å². The van der Waals surface area contributed by atoms with E-state index in [9.17, 15) is 10.2 Å². The van der Waals surface area contributed by atoms with Crippen molar-refractivity contribution in [2.45, 2.75) is 663 Å². The minimum Gasteiger partial charge on any atom is -0.390 e. The molecule has 758 valence electrons. The molecule has 7 heteroatoms. The Labute approximate surface area is 798 Å². The summed E-state index contributed by atoms with van der Waals surface area (Å²) in [6.07, 6.45) is 70.9. The number of rotatable bonds is 81. The number of aliphatic hydroxyl groups excluding tert-OH is 1. The summed E-state index contributed by atoms with van der Waals surface area (Å²) in [5.74, 6) is 13.4. The first kappa shape index (κ1) is 121. The number of ether oxygens (including phenoxy) is 5. The normalized spacial score (nSPS) is 24.5. The second kappa shape index (κ2) is 65.6.